The van der Waals surface area contributed by atoms with E-state index in [1.54, 1.807) is 0 Å². The van der Waals surface area contributed by atoms with E-state index in [9.17, 15) is 9.59 Å². The fourth-order valence-electron chi connectivity index (χ4n) is 4.26. The van der Waals surface area contributed by atoms with Crippen LogP contribution in [0, 0.1) is 0 Å². The molecule has 5 nitrogen and oxygen atoms in total. The zero-order valence-electron chi connectivity index (χ0n) is 20.7. The standard InChI is InChI=1S/C26H50N2O3/c1-3-5-7-15-19-27-21-17-13-11-9-10-12-14-18-22-28(20-16-8-6-4-2)26(30)24-31-23-25(27)29/h3-24H2,1-2H3. The van der Waals surface area contributed by atoms with Crippen molar-refractivity contribution in [2.24, 2.45) is 0 Å². The van der Waals surface area contributed by atoms with Crippen molar-refractivity contribution in [3.05, 3.63) is 0 Å². The Bertz CT molecular complexity index is 416. The predicted molar refractivity (Wildman–Crippen MR) is 129 cm³/mol. The molecule has 0 aromatic carbocycles. The number of hydrogen-bond acceptors (Lipinski definition) is 3. The van der Waals surface area contributed by atoms with E-state index in [-0.39, 0.29) is 25.0 Å². The van der Waals surface area contributed by atoms with Gasteiger partial charge in [-0.2, -0.15) is 0 Å². The second-order valence-corrected chi connectivity index (χ2v) is 9.20. The number of hydrogen-bond donors (Lipinski definition) is 0. The Morgan fingerprint density at radius 1 is 0.581 bits per heavy atom. The second-order valence-electron chi connectivity index (χ2n) is 9.20. The number of ether oxygens (including phenoxy) is 1. The van der Waals surface area contributed by atoms with Crippen LogP contribution in [0.5, 0.6) is 0 Å². The molecule has 1 aliphatic heterocycles. The van der Waals surface area contributed by atoms with Crippen molar-refractivity contribution < 1.29 is 14.3 Å². The van der Waals surface area contributed by atoms with Gasteiger partial charge in [0.1, 0.15) is 13.2 Å². The Balaban J connectivity index is 2.58. The molecule has 5 heteroatoms. The van der Waals surface area contributed by atoms with E-state index < -0.39 is 0 Å². The molecular formula is C26H50N2O3. The first kappa shape index (κ1) is 27.9. The molecule has 1 fully saturated rings. The third kappa shape index (κ3) is 14.6. The number of nitrogens with zero attached hydrogens (tertiary/aromatic N) is 2. The first-order chi connectivity index (χ1) is 15.2. The lowest BCUT2D eigenvalue weighted by Crippen LogP contribution is -2.39. The van der Waals surface area contributed by atoms with Crippen LogP contribution in [0.15, 0.2) is 0 Å². The van der Waals surface area contributed by atoms with E-state index in [0.717, 1.165) is 51.9 Å². The van der Waals surface area contributed by atoms with E-state index in [1.807, 2.05) is 9.80 Å². The van der Waals surface area contributed by atoms with Gasteiger partial charge >= 0.3 is 0 Å². The topological polar surface area (TPSA) is 49.9 Å². The highest BCUT2D eigenvalue weighted by Crippen LogP contribution is 2.12. The largest absolute Gasteiger partial charge is 0.362 e. The third-order valence-corrected chi connectivity index (χ3v) is 6.33. The summed E-state index contributed by atoms with van der Waals surface area (Å²) >= 11 is 0. The van der Waals surface area contributed by atoms with Gasteiger partial charge in [-0.1, -0.05) is 90.9 Å². The average molecular weight is 439 g/mol. The molecule has 0 saturated carbocycles. The van der Waals surface area contributed by atoms with Crippen LogP contribution in [0.2, 0.25) is 0 Å². The molecule has 0 radical (unpaired) electrons. The number of rotatable bonds is 10. The minimum absolute atomic E-state index is 0.0309. The summed E-state index contributed by atoms with van der Waals surface area (Å²) < 4.78 is 5.62. The summed E-state index contributed by atoms with van der Waals surface area (Å²) in [6.07, 6.45) is 19.0. The SMILES string of the molecule is CCCCCCN1CCCCCCCCCCN(CCCCCC)C(=O)COCC1=O. The van der Waals surface area contributed by atoms with Crippen molar-refractivity contribution >= 4 is 11.8 Å². The molecule has 1 heterocycles. The quantitative estimate of drug-likeness (QED) is 0.396. The second kappa shape index (κ2) is 19.6. The fourth-order valence-corrected chi connectivity index (χ4v) is 4.26. The van der Waals surface area contributed by atoms with Crippen LogP contribution in [0.3, 0.4) is 0 Å². The van der Waals surface area contributed by atoms with Crippen LogP contribution in [0.25, 0.3) is 0 Å². The molecule has 1 saturated heterocycles. The summed E-state index contributed by atoms with van der Waals surface area (Å²) in [6.45, 7) is 7.76. The van der Waals surface area contributed by atoms with Gasteiger partial charge in [-0.05, 0) is 25.7 Å². The van der Waals surface area contributed by atoms with Crippen LogP contribution in [-0.4, -0.2) is 61.0 Å². The number of carbonyl (C=O) groups is 2. The Morgan fingerprint density at radius 2 is 0.968 bits per heavy atom. The van der Waals surface area contributed by atoms with Crippen molar-refractivity contribution in [2.75, 3.05) is 39.4 Å². The van der Waals surface area contributed by atoms with Gasteiger partial charge in [0, 0.05) is 26.2 Å². The highest BCUT2D eigenvalue weighted by molar-refractivity contribution is 5.79. The molecule has 2 amide bonds. The average Bonchev–Trinajstić information content (AvgIpc) is 2.77. The summed E-state index contributed by atoms with van der Waals surface area (Å²) in [4.78, 5) is 29.4. The molecule has 0 atom stereocenters. The first-order valence-corrected chi connectivity index (χ1v) is 13.3. The van der Waals surface area contributed by atoms with Crippen LogP contribution in [0.4, 0.5) is 0 Å². The molecule has 31 heavy (non-hydrogen) atoms. The summed E-state index contributed by atoms with van der Waals surface area (Å²) in [7, 11) is 0. The van der Waals surface area contributed by atoms with E-state index in [4.69, 9.17) is 4.74 Å². The van der Waals surface area contributed by atoms with Crippen LogP contribution in [-0.2, 0) is 14.3 Å². The van der Waals surface area contributed by atoms with Crippen molar-refractivity contribution in [2.45, 2.75) is 117 Å². The summed E-state index contributed by atoms with van der Waals surface area (Å²) in [5.41, 5.74) is 0. The van der Waals surface area contributed by atoms with Crippen molar-refractivity contribution in [3.63, 3.8) is 0 Å². The van der Waals surface area contributed by atoms with Crippen molar-refractivity contribution in [1.82, 2.24) is 9.80 Å². The maximum atomic E-state index is 12.7. The summed E-state index contributed by atoms with van der Waals surface area (Å²) in [6, 6.07) is 0. The molecule has 0 aliphatic carbocycles. The molecule has 1 rings (SSSR count). The maximum absolute atomic E-state index is 12.7. The number of carbonyl (C=O) groups excluding carboxylic acids is 2. The van der Waals surface area contributed by atoms with E-state index in [1.165, 1.54) is 77.0 Å². The van der Waals surface area contributed by atoms with E-state index in [2.05, 4.69) is 13.8 Å². The monoisotopic (exact) mass is 438 g/mol. The normalized spacial score (nSPS) is 18.9. The highest BCUT2D eigenvalue weighted by atomic mass is 16.5. The lowest BCUT2D eigenvalue weighted by molar-refractivity contribution is -0.142. The zero-order valence-corrected chi connectivity index (χ0v) is 20.7. The molecule has 0 aromatic heterocycles. The molecule has 0 N–H and O–H groups in total. The lowest BCUT2D eigenvalue weighted by Gasteiger charge is -2.24. The van der Waals surface area contributed by atoms with E-state index >= 15 is 0 Å². The molecular weight excluding hydrogens is 388 g/mol. The van der Waals surface area contributed by atoms with Crippen LogP contribution >= 0.6 is 0 Å². The van der Waals surface area contributed by atoms with Gasteiger partial charge in [-0.15, -0.1) is 0 Å². The van der Waals surface area contributed by atoms with Crippen molar-refractivity contribution in [3.8, 4) is 0 Å². The van der Waals surface area contributed by atoms with Gasteiger partial charge in [-0.25, -0.2) is 0 Å². The van der Waals surface area contributed by atoms with Gasteiger partial charge in [0.2, 0.25) is 11.8 Å². The van der Waals surface area contributed by atoms with Gasteiger partial charge < -0.3 is 14.5 Å². The van der Waals surface area contributed by atoms with Gasteiger partial charge in [0.05, 0.1) is 0 Å². The van der Waals surface area contributed by atoms with Gasteiger partial charge in [0.15, 0.2) is 0 Å². The number of amides is 2. The fraction of sp³-hybridized carbons (Fsp3) is 0.923. The Labute approximate surface area is 192 Å². The molecule has 0 unspecified atom stereocenters. The summed E-state index contributed by atoms with van der Waals surface area (Å²) in [5, 5.41) is 0. The lowest BCUT2D eigenvalue weighted by atomic mass is 10.1. The Morgan fingerprint density at radius 3 is 1.35 bits per heavy atom. The van der Waals surface area contributed by atoms with Gasteiger partial charge in [-0.3, -0.25) is 9.59 Å². The highest BCUT2D eigenvalue weighted by Gasteiger charge is 2.17. The van der Waals surface area contributed by atoms with Crippen LogP contribution in [0.1, 0.15) is 117 Å². The molecule has 1 aliphatic rings. The van der Waals surface area contributed by atoms with Crippen molar-refractivity contribution in [1.29, 1.82) is 0 Å². The Kier molecular flexibility index (Phi) is 17.6. The van der Waals surface area contributed by atoms with E-state index in [0.29, 0.717) is 0 Å². The third-order valence-electron chi connectivity index (χ3n) is 6.33. The minimum atomic E-state index is 0.0309. The Hall–Kier alpha value is -1.10. The predicted octanol–water partition coefficient (Wildman–Crippen LogP) is 5.96. The zero-order chi connectivity index (χ0) is 22.6. The minimum Gasteiger partial charge on any atom is -0.362 e. The molecule has 0 aromatic rings. The molecule has 0 bridgehead atoms. The smallest absolute Gasteiger partial charge is 0.248 e. The van der Waals surface area contributed by atoms with Crippen LogP contribution < -0.4 is 0 Å². The first-order valence-electron chi connectivity index (χ1n) is 13.3. The maximum Gasteiger partial charge on any atom is 0.248 e. The summed E-state index contributed by atoms with van der Waals surface area (Å²) in [5.74, 6) is 0.0891. The number of unbranched alkanes of at least 4 members (excludes halogenated alkanes) is 6. The van der Waals surface area contributed by atoms with Gasteiger partial charge in [0.25, 0.3) is 0 Å². The molecule has 182 valence electrons. The molecule has 0 spiro atoms.